The van der Waals surface area contributed by atoms with Crippen LogP contribution in [0.1, 0.15) is 46.1 Å². The lowest BCUT2D eigenvalue weighted by Gasteiger charge is -2.13. The molecular weight excluding hydrogens is 534 g/mol. The topological polar surface area (TPSA) is 126 Å². The molecule has 0 radical (unpaired) electrons. The van der Waals surface area contributed by atoms with Gasteiger partial charge in [-0.25, -0.2) is 0 Å². The van der Waals surface area contributed by atoms with Crippen molar-refractivity contribution in [3.63, 3.8) is 0 Å². The Hall–Kier alpha value is -3.96. The van der Waals surface area contributed by atoms with Crippen LogP contribution >= 0.6 is 23.1 Å². The van der Waals surface area contributed by atoms with E-state index in [9.17, 15) is 14.4 Å². The molecule has 1 aliphatic rings. The Bertz CT molecular complexity index is 1500. The SMILES string of the molecule is CC(=O)Nc1cccc(-c2nnc(SCC(=O)Nc3sc4c(c3C(=O)NCc3ccccc3)CCCC4)o2)c1. The molecular formula is C28H27N5O4S2. The summed E-state index contributed by atoms with van der Waals surface area (Å²) < 4.78 is 5.72. The van der Waals surface area contributed by atoms with Crippen LogP contribution in [0.5, 0.6) is 0 Å². The molecule has 0 saturated carbocycles. The zero-order valence-corrected chi connectivity index (χ0v) is 22.9. The lowest BCUT2D eigenvalue weighted by atomic mass is 9.95. The Labute approximate surface area is 233 Å². The Morgan fingerprint density at radius 1 is 1.00 bits per heavy atom. The second-order valence-corrected chi connectivity index (χ2v) is 11.1. The van der Waals surface area contributed by atoms with Gasteiger partial charge in [0.2, 0.25) is 17.7 Å². The number of thiophene rings is 1. The maximum absolute atomic E-state index is 13.2. The van der Waals surface area contributed by atoms with Gasteiger partial charge in [-0.2, -0.15) is 0 Å². The van der Waals surface area contributed by atoms with Crippen LogP contribution in [0.15, 0.2) is 64.2 Å². The molecule has 2 aromatic heterocycles. The van der Waals surface area contributed by atoms with E-state index < -0.39 is 0 Å². The molecule has 0 fully saturated rings. The van der Waals surface area contributed by atoms with Gasteiger partial charge >= 0.3 is 0 Å². The Morgan fingerprint density at radius 2 is 1.82 bits per heavy atom. The van der Waals surface area contributed by atoms with Crippen molar-refractivity contribution in [2.75, 3.05) is 16.4 Å². The third kappa shape index (κ3) is 6.73. The number of amides is 3. The number of aromatic nitrogens is 2. The highest BCUT2D eigenvalue weighted by molar-refractivity contribution is 7.99. The summed E-state index contributed by atoms with van der Waals surface area (Å²) in [5.41, 5.74) is 3.90. The van der Waals surface area contributed by atoms with E-state index in [-0.39, 0.29) is 34.6 Å². The van der Waals surface area contributed by atoms with Crippen molar-refractivity contribution in [3.05, 3.63) is 76.2 Å². The number of hydrogen-bond acceptors (Lipinski definition) is 8. The van der Waals surface area contributed by atoms with Crippen LogP contribution in [0.25, 0.3) is 11.5 Å². The molecule has 3 amide bonds. The fraction of sp³-hybridized carbons (Fsp3) is 0.250. The van der Waals surface area contributed by atoms with Crippen LogP contribution in [0.3, 0.4) is 0 Å². The number of thioether (sulfide) groups is 1. The first-order valence-electron chi connectivity index (χ1n) is 12.6. The second kappa shape index (κ2) is 12.3. The molecule has 39 heavy (non-hydrogen) atoms. The maximum atomic E-state index is 13.2. The van der Waals surface area contributed by atoms with E-state index >= 15 is 0 Å². The molecule has 11 heteroatoms. The van der Waals surface area contributed by atoms with Gasteiger partial charge in [-0.15, -0.1) is 21.5 Å². The molecule has 2 heterocycles. The molecule has 0 saturated heterocycles. The summed E-state index contributed by atoms with van der Waals surface area (Å²) in [6.45, 7) is 1.85. The summed E-state index contributed by atoms with van der Waals surface area (Å²) in [7, 11) is 0. The molecule has 1 aliphatic carbocycles. The van der Waals surface area contributed by atoms with E-state index in [4.69, 9.17) is 4.42 Å². The first-order valence-corrected chi connectivity index (χ1v) is 14.4. The number of carbonyl (C=O) groups is 3. The summed E-state index contributed by atoms with van der Waals surface area (Å²) in [6, 6.07) is 16.8. The minimum atomic E-state index is -0.261. The van der Waals surface area contributed by atoms with Crippen molar-refractivity contribution in [3.8, 4) is 11.5 Å². The summed E-state index contributed by atoms with van der Waals surface area (Å²) in [5, 5.41) is 17.6. The Kier molecular flexibility index (Phi) is 8.38. The zero-order valence-electron chi connectivity index (χ0n) is 21.3. The van der Waals surface area contributed by atoms with Gasteiger partial charge in [-0.05, 0) is 55.0 Å². The summed E-state index contributed by atoms with van der Waals surface area (Å²) >= 11 is 2.60. The molecule has 4 aromatic rings. The normalized spacial score (nSPS) is 12.4. The van der Waals surface area contributed by atoms with Crippen LogP contribution < -0.4 is 16.0 Å². The summed E-state index contributed by atoms with van der Waals surface area (Å²) in [5.74, 6) is -0.287. The van der Waals surface area contributed by atoms with Crippen molar-refractivity contribution in [1.82, 2.24) is 15.5 Å². The predicted octanol–water partition coefficient (Wildman–Crippen LogP) is 5.30. The third-order valence-electron chi connectivity index (χ3n) is 6.11. The molecule has 0 atom stereocenters. The standard InChI is InChI=1S/C28H27N5O4S2/c1-17(34)30-20-11-7-10-19(14-20)26-32-33-28(37-26)38-16-23(35)31-27-24(21-12-5-6-13-22(21)39-27)25(36)29-15-18-8-3-2-4-9-18/h2-4,7-11,14H,5-6,12-13,15-16H2,1H3,(H,29,36)(H,30,34)(H,31,35). The van der Waals surface area contributed by atoms with Gasteiger partial charge in [0.1, 0.15) is 5.00 Å². The fourth-order valence-electron chi connectivity index (χ4n) is 4.37. The molecule has 200 valence electrons. The van der Waals surface area contributed by atoms with Crippen LogP contribution in [0, 0.1) is 0 Å². The van der Waals surface area contributed by atoms with Crippen molar-refractivity contribution >= 4 is 51.5 Å². The average molecular weight is 562 g/mol. The quantitative estimate of drug-likeness (QED) is 0.237. The number of fused-ring (bicyclic) bond motifs is 1. The Balaban J connectivity index is 1.23. The zero-order chi connectivity index (χ0) is 27.2. The third-order valence-corrected chi connectivity index (χ3v) is 8.14. The van der Waals surface area contributed by atoms with E-state index in [1.807, 2.05) is 30.3 Å². The van der Waals surface area contributed by atoms with Gasteiger partial charge in [0.25, 0.3) is 11.1 Å². The summed E-state index contributed by atoms with van der Waals surface area (Å²) in [4.78, 5) is 38.6. The predicted molar refractivity (Wildman–Crippen MR) is 152 cm³/mol. The number of hydrogen-bond donors (Lipinski definition) is 3. The van der Waals surface area contributed by atoms with Gasteiger partial charge in [0, 0.05) is 29.6 Å². The maximum Gasteiger partial charge on any atom is 0.277 e. The molecule has 0 aliphatic heterocycles. The second-order valence-electron chi connectivity index (χ2n) is 9.06. The molecule has 0 bridgehead atoms. The van der Waals surface area contributed by atoms with Gasteiger partial charge in [-0.1, -0.05) is 48.2 Å². The summed E-state index contributed by atoms with van der Waals surface area (Å²) in [6.07, 6.45) is 3.85. The largest absolute Gasteiger partial charge is 0.411 e. The van der Waals surface area contributed by atoms with E-state index in [1.54, 1.807) is 24.3 Å². The minimum Gasteiger partial charge on any atom is -0.411 e. The molecule has 5 rings (SSSR count). The molecule has 0 unspecified atom stereocenters. The molecule has 0 spiro atoms. The highest BCUT2D eigenvalue weighted by atomic mass is 32.2. The number of nitrogens with one attached hydrogen (secondary N) is 3. The lowest BCUT2D eigenvalue weighted by molar-refractivity contribution is -0.114. The fourth-order valence-corrected chi connectivity index (χ4v) is 6.23. The van der Waals surface area contributed by atoms with Crippen LogP contribution in [0.2, 0.25) is 0 Å². The van der Waals surface area contributed by atoms with Gasteiger partial charge < -0.3 is 20.4 Å². The van der Waals surface area contributed by atoms with E-state index in [2.05, 4.69) is 26.1 Å². The number of aryl methyl sites for hydroxylation is 1. The lowest BCUT2D eigenvalue weighted by Crippen LogP contribution is -2.25. The number of benzene rings is 2. The molecule has 2 aromatic carbocycles. The molecule has 9 nitrogen and oxygen atoms in total. The molecule has 3 N–H and O–H groups in total. The van der Waals surface area contributed by atoms with Crippen molar-refractivity contribution in [2.45, 2.75) is 44.4 Å². The first kappa shape index (κ1) is 26.6. The number of rotatable bonds is 9. The van der Waals surface area contributed by atoms with Crippen molar-refractivity contribution in [2.24, 2.45) is 0 Å². The monoisotopic (exact) mass is 561 g/mol. The minimum absolute atomic E-state index is 0.0429. The highest BCUT2D eigenvalue weighted by Gasteiger charge is 2.26. The smallest absolute Gasteiger partial charge is 0.277 e. The highest BCUT2D eigenvalue weighted by Crippen LogP contribution is 2.38. The van der Waals surface area contributed by atoms with Crippen LogP contribution in [-0.2, 0) is 29.0 Å². The van der Waals surface area contributed by atoms with Gasteiger partial charge in [-0.3, -0.25) is 14.4 Å². The number of anilines is 2. The number of carbonyl (C=O) groups excluding carboxylic acids is 3. The van der Waals surface area contributed by atoms with Crippen molar-refractivity contribution in [1.29, 1.82) is 0 Å². The van der Waals surface area contributed by atoms with Crippen LogP contribution in [0.4, 0.5) is 10.7 Å². The van der Waals surface area contributed by atoms with Crippen LogP contribution in [-0.4, -0.2) is 33.7 Å². The first-order chi connectivity index (χ1) is 19.0. The van der Waals surface area contributed by atoms with Gasteiger partial charge in [0.05, 0.1) is 11.3 Å². The number of nitrogens with zero attached hydrogens (tertiary/aromatic N) is 2. The van der Waals surface area contributed by atoms with E-state index in [0.29, 0.717) is 28.4 Å². The van der Waals surface area contributed by atoms with Gasteiger partial charge in [0.15, 0.2) is 0 Å². The average Bonchev–Trinajstić information content (AvgIpc) is 3.55. The Morgan fingerprint density at radius 3 is 2.64 bits per heavy atom. The van der Waals surface area contributed by atoms with Crippen molar-refractivity contribution < 1.29 is 18.8 Å². The van der Waals surface area contributed by atoms with E-state index in [0.717, 1.165) is 53.4 Å². The van der Waals surface area contributed by atoms with E-state index in [1.165, 1.54) is 18.3 Å².